The lowest BCUT2D eigenvalue weighted by molar-refractivity contribution is -0.384. The minimum atomic E-state index is -0.853. The zero-order valence-electron chi connectivity index (χ0n) is 15.5. The van der Waals surface area contributed by atoms with Crippen LogP contribution < -0.4 is 10.1 Å². The average Bonchev–Trinajstić information content (AvgIpc) is 3.22. The lowest BCUT2D eigenvalue weighted by Crippen LogP contribution is -2.30. The zero-order valence-corrected chi connectivity index (χ0v) is 16.3. The minimum absolute atomic E-state index is 0.0587. The van der Waals surface area contributed by atoms with Crippen LogP contribution >= 0.6 is 11.3 Å². The molecule has 1 unspecified atom stereocenters. The number of thiophene rings is 1. The third-order valence-corrected chi connectivity index (χ3v) is 5.57. The van der Waals surface area contributed by atoms with Gasteiger partial charge in [0.15, 0.2) is 6.10 Å². The Morgan fingerprint density at radius 3 is 2.64 bits per heavy atom. The molecule has 1 aliphatic rings. The molecule has 1 N–H and O–H groups in total. The summed E-state index contributed by atoms with van der Waals surface area (Å²) >= 11 is 1.40. The van der Waals surface area contributed by atoms with Crippen LogP contribution in [0.15, 0.2) is 24.3 Å². The fraction of sp³-hybridized carbons (Fsp3) is 0.368. The van der Waals surface area contributed by atoms with E-state index in [1.165, 1.54) is 35.6 Å². The molecule has 1 heterocycles. The van der Waals surface area contributed by atoms with Crippen molar-refractivity contribution in [2.24, 2.45) is 0 Å². The molecule has 0 spiro atoms. The Morgan fingerprint density at radius 2 is 2.00 bits per heavy atom. The summed E-state index contributed by atoms with van der Waals surface area (Å²) in [7, 11) is 0. The summed E-state index contributed by atoms with van der Waals surface area (Å²) in [6.07, 6.45) is 1.82. The molecule has 0 fully saturated rings. The number of nitro groups is 1. The average molecular weight is 404 g/mol. The Balaban J connectivity index is 1.72. The minimum Gasteiger partial charge on any atom is -0.481 e. The number of carbonyl (C=O) groups excluding carboxylic acids is 2. The number of ether oxygens (including phenoxy) is 2. The summed E-state index contributed by atoms with van der Waals surface area (Å²) in [5, 5.41) is 14.0. The predicted molar refractivity (Wildman–Crippen MR) is 104 cm³/mol. The van der Waals surface area contributed by atoms with Gasteiger partial charge in [-0.2, -0.15) is 0 Å². The van der Waals surface area contributed by atoms with Gasteiger partial charge in [0, 0.05) is 17.0 Å². The number of hydrogen-bond acceptors (Lipinski definition) is 7. The number of hydrogen-bond donors (Lipinski definition) is 1. The topological polar surface area (TPSA) is 108 Å². The van der Waals surface area contributed by atoms with Crippen molar-refractivity contribution in [3.05, 3.63) is 50.4 Å². The highest BCUT2D eigenvalue weighted by Crippen LogP contribution is 2.39. The number of fused-ring (bicyclic) bond motifs is 1. The van der Waals surface area contributed by atoms with Crippen molar-refractivity contribution >= 4 is 33.9 Å². The molecule has 3 rings (SSSR count). The van der Waals surface area contributed by atoms with Crippen LogP contribution in [0.4, 0.5) is 10.7 Å². The van der Waals surface area contributed by atoms with Crippen LogP contribution in [-0.2, 0) is 22.4 Å². The van der Waals surface area contributed by atoms with Gasteiger partial charge in [-0.3, -0.25) is 14.9 Å². The monoisotopic (exact) mass is 404 g/mol. The highest BCUT2D eigenvalue weighted by atomic mass is 32.1. The molecule has 2 aromatic rings. The lowest BCUT2D eigenvalue weighted by Gasteiger charge is -2.15. The van der Waals surface area contributed by atoms with Crippen LogP contribution in [-0.4, -0.2) is 29.5 Å². The number of amides is 1. The third-order valence-electron chi connectivity index (χ3n) is 4.37. The van der Waals surface area contributed by atoms with E-state index in [4.69, 9.17) is 9.47 Å². The largest absolute Gasteiger partial charge is 0.481 e. The van der Waals surface area contributed by atoms with Gasteiger partial charge in [-0.05, 0) is 50.8 Å². The van der Waals surface area contributed by atoms with E-state index in [0.717, 1.165) is 29.7 Å². The molecular weight excluding hydrogens is 384 g/mol. The molecule has 0 saturated carbocycles. The summed E-state index contributed by atoms with van der Waals surface area (Å²) in [4.78, 5) is 36.2. The first-order valence-corrected chi connectivity index (χ1v) is 9.76. The highest BCUT2D eigenvalue weighted by molar-refractivity contribution is 7.17. The number of benzene rings is 1. The molecule has 28 heavy (non-hydrogen) atoms. The number of nitrogens with zero attached hydrogens (tertiary/aromatic N) is 1. The normalized spacial score (nSPS) is 13.5. The molecule has 1 amide bonds. The van der Waals surface area contributed by atoms with Crippen molar-refractivity contribution in [3.8, 4) is 5.75 Å². The quantitative estimate of drug-likeness (QED) is 0.428. The van der Waals surface area contributed by atoms with Gasteiger partial charge in [-0.15, -0.1) is 11.3 Å². The van der Waals surface area contributed by atoms with Gasteiger partial charge in [-0.1, -0.05) is 0 Å². The molecule has 0 radical (unpaired) electrons. The van der Waals surface area contributed by atoms with Crippen LogP contribution in [0.25, 0.3) is 0 Å². The Bertz CT molecular complexity index is 906. The van der Waals surface area contributed by atoms with Gasteiger partial charge in [0.2, 0.25) is 0 Å². The fourth-order valence-corrected chi connectivity index (χ4v) is 4.31. The van der Waals surface area contributed by atoms with Crippen molar-refractivity contribution in [3.63, 3.8) is 0 Å². The number of anilines is 1. The summed E-state index contributed by atoms with van der Waals surface area (Å²) in [6, 6.07) is 5.49. The maximum atomic E-state index is 12.6. The maximum absolute atomic E-state index is 12.6. The number of esters is 1. The summed E-state index contributed by atoms with van der Waals surface area (Å²) in [6.45, 7) is 3.57. The van der Waals surface area contributed by atoms with E-state index >= 15 is 0 Å². The van der Waals surface area contributed by atoms with Gasteiger partial charge in [0.1, 0.15) is 10.8 Å². The standard InChI is InChI=1S/C19H20N2O6S/c1-3-26-19(23)16-14-5-4-6-15(14)28-18(16)20-17(22)11(2)27-13-9-7-12(8-10-13)21(24)25/h7-11H,3-6H2,1-2H3,(H,20,22). The Hall–Kier alpha value is -2.94. The van der Waals surface area contributed by atoms with Crippen molar-refractivity contribution in [2.75, 3.05) is 11.9 Å². The van der Waals surface area contributed by atoms with Gasteiger partial charge >= 0.3 is 5.97 Å². The fourth-order valence-electron chi connectivity index (χ4n) is 3.03. The number of nitrogens with one attached hydrogen (secondary N) is 1. The summed E-state index contributed by atoms with van der Waals surface area (Å²) in [5.41, 5.74) is 1.34. The second-order valence-corrected chi connectivity index (χ2v) is 7.39. The molecule has 1 atom stereocenters. The molecule has 1 aliphatic carbocycles. The zero-order chi connectivity index (χ0) is 20.3. The Labute approximate surface area is 165 Å². The third kappa shape index (κ3) is 4.14. The summed E-state index contributed by atoms with van der Waals surface area (Å²) < 4.78 is 10.7. The van der Waals surface area contributed by atoms with Crippen molar-refractivity contribution in [1.29, 1.82) is 0 Å². The first-order valence-electron chi connectivity index (χ1n) is 8.94. The van der Waals surface area contributed by atoms with E-state index in [9.17, 15) is 19.7 Å². The number of rotatable bonds is 7. The predicted octanol–water partition coefficient (Wildman–Crippen LogP) is 3.73. The number of nitro benzene ring substituents is 1. The second-order valence-electron chi connectivity index (χ2n) is 6.28. The van der Waals surface area contributed by atoms with Crippen molar-refractivity contribution in [1.82, 2.24) is 0 Å². The highest BCUT2D eigenvalue weighted by Gasteiger charge is 2.29. The van der Waals surface area contributed by atoms with Crippen LogP contribution in [0.2, 0.25) is 0 Å². The smallest absolute Gasteiger partial charge is 0.341 e. The van der Waals surface area contributed by atoms with Crippen LogP contribution in [0, 0.1) is 10.1 Å². The van der Waals surface area contributed by atoms with E-state index in [1.807, 2.05) is 0 Å². The first-order chi connectivity index (χ1) is 13.4. The van der Waals surface area contributed by atoms with E-state index in [-0.39, 0.29) is 12.3 Å². The number of carbonyl (C=O) groups is 2. The molecule has 1 aromatic carbocycles. The van der Waals surface area contributed by atoms with Crippen LogP contribution in [0.5, 0.6) is 5.75 Å². The molecular formula is C19H20N2O6S. The van der Waals surface area contributed by atoms with Crippen molar-refractivity contribution < 1.29 is 24.0 Å². The number of non-ortho nitro benzene ring substituents is 1. The molecule has 0 bridgehead atoms. The maximum Gasteiger partial charge on any atom is 0.341 e. The second kappa shape index (κ2) is 8.39. The Kier molecular flexibility index (Phi) is 5.93. The van der Waals surface area contributed by atoms with Crippen LogP contribution in [0.3, 0.4) is 0 Å². The van der Waals surface area contributed by atoms with Gasteiger partial charge in [0.05, 0.1) is 17.1 Å². The molecule has 8 nitrogen and oxygen atoms in total. The number of aryl methyl sites for hydroxylation is 1. The SMILES string of the molecule is CCOC(=O)c1c(NC(=O)C(C)Oc2ccc([N+](=O)[O-])cc2)sc2c1CCC2. The summed E-state index contributed by atoms with van der Waals surface area (Å²) in [5.74, 6) is -0.502. The Morgan fingerprint density at radius 1 is 1.29 bits per heavy atom. The van der Waals surface area contributed by atoms with Crippen molar-refractivity contribution in [2.45, 2.75) is 39.2 Å². The van der Waals surface area contributed by atoms with E-state index < -0.39 is 22.9 Å². The van der Waals surface area contributed by atoms with E-state index in [0.29, 0.717) is 16.3 Å². The van der Waals surface area contributed by atoms with E-state index in [2.05, 4.69) is 5.32 Å². The van der Waals surface area contributed by atoms with Crippen LogP contribution in [0.1, 0.15) is 41.1 Å². The van der Waals surface area contributed by atoms with Gasteiger partial charge in [0.25, 0.3) is 11.6 Å². The molecule has 148 valence electrons. The molecule has 9 heteroatoms. The van der Waals surface area contributed by atoms with E-state index in [1.54, 1.807) is 13.8 Å². The lowest BCUT2D eigenvalue weighted by atomic mass is 10.1. The molecule has 0 saturated heterocycles. The van der Waals surface area contributed by atoms with Gasteiger partial charge < -0.3 is 14.8 Å². The molecule has 0 aliphatic heterocycles. The molecule has 1 aromatic heterocycles. The first kappa shape index (κ1) is 19.8. The van der Waals surface area contributed by atoms with Gasteiger partial charge in [-0.25, -0.2) is 4.79 Å².